The number of hydrogen-bond donors (Lipinski definition) is 2. The maximum atomic E-state index is 13.1. The molecule has 0 saturated heterocycles. The Morgan fingerprint density at radius 2 is 1.62 bits per heavy atom. The van der Waals surface area contributed by atoms with Crippen LogP contribution in [0, 0.1) is 13.8 Å². The fourth-order valence-electron chi connectivity index (χ4n) is 3.75. The van der Waals surface area contributed by atoms with E-state index in [1.54, 1.807) is 80.6 Å². The lowest BCUT2D eigenvalue weighted by atomic mass is 10.1. The van der Waals surface area contributed by atoms with Crippen LogP contribution in [0.1, 0.15) is 38.8 Å². The molecule has 0 radical (unpaired) electrons. The van der Waals surface area contributed by atoms with Gasteiger partial charge in [0.1, 0.15) is 10.7 Å². The molecule has 1 aliphatic heterocycles. The highest BCUT2D eigenvalue weighted by Crippen LogP contribution is 2.31. The van der Waals surface area contributed by atoms with Gasteiger partial charge in [-0.2, -0.15) is 0 Å². The Balaban J connectivity index is 1.57. The third kappa shape index (κ3) is 5.24. The van der Waals surface area contributed by atoms with Gasteiger partial charge in [-0.15, -0.1) is 0 Å². The fraction of sp³-hybridized carbons (Fsp3) is 0.143. The summed E-state index contributed by atoms with van der Waals surface area (Å²) in [6.07, 6.45) is 0. The second-order valence-corrected chi connectivity index (χ2v) is 8.72. The van der Waals surface area contributed by atoms with Crippen LogP contribution in [-0.4, -0.2) is 30.3 Å². The lowest BCUT2D eigenvalue weighted by molar-refractivity contribution is -0.120. The van der Waals surface area contributed by atoms with E-state index in [-0.39, 0.29) is 28.5 Å². The Bertz CT molecular complexity index is 1450. The quantitative estimate of drug-likeness (QED) is 0.331. The van der Waals surface area contributed by atoms with Crippen molar-refractivity contribution in [1.29, 1.82) is 0 Å². The number of carbonyl (C=O) groups is 4. The lowest BCUT2D eigenvalue weighted by Crippen LogP contribution is -2.32. The average Bonchev–Trinajstić information content (AvgIpc) is 3.09. The molecular formula is C28H24ClN3O5. The van der Waals surface area contributed by atoms with Crippen LogP contribution in [0.2, 0.25) is 0 Å². The normalized spacial score (nSPS) is 13.1. The average molecular weight is 518 g/mol. The van der Waals surface area contributed by atoms with Gasteiger partial charge in [0.2, 0.25) is 0 Å². The molecule has 0 atom stereocenters. The number of esters is 1. The van der Waals surface area contributed by atoms with Crippen LogP contribution >= 0.6 is 11.6 Å². The number of ether oxygens (including phenoxy) is 1. The minimum atomic E-state index is -0.639. The first-order chi connectivity index (χ1) is 17.7. The zero-order chi connectivity index (χ0) is 26.7. The Kier molecular flexibility index (Phi) is 7.40. The van der Waals surface area contributed by atoms with Crippen molar-refractivity contribution in [1.82, 2.24) is 0 Å². The maximum Gasteiger partial charge on any atom is 0.340 e. The molecule has 9 heteroatoms. The van der Waals surface area contributed by atoms with Crippen LogP contribution in [0.15, 0.2) is 77.5 Å². The fourth-order valence-corrected chi connectivity index (χ4v) is 3.96. The zero-order valence-electron chi connectivity index (χ0n) is 20.4. The molecule has 4 rings (SSSR count). The molecular weight excluding hydrogens is 494 g/mol. The van der Waals surface area contributed by atoms with Gasteiger partial charge in [0.05, 0.1) is 23.5 Å². The van der Waals surface area contributed by atoms with Crippen molar-refractivity contribution in [3.63, 3.8) is 0 Å². The number of nitrogens with one attached hydrogen (secondary N) is 2. The minimum Gasteiger partial charge on any atom is -0.462 e. The number of benzene rings is 3. The van der Waals surface area contributed by atoms with E-state index in [9.17, 15) is 19.2 Å². The van der Waals surface area contributed by atoms with Crippen LogP contribution in [-0.2, 0) is 14.3 Å². The molecule has 0 bridgehead atoms. The minimum absolute atomic E-state index is 0.0828. The van der Waals surface area contributed by atoms with Crippen LogP contribution in [0.4, 0.5) is 17.1 Å². The van der Waals surface area contributed by atoms with Gasteiger partial charge in [-0.1, -0.05) is 47.5 Å². The molecule has 0 aromatic heterocycles. The van der Waals surface area contributed by atoms with E-state index in [0.29, 0.717) is 17.1 Å². The Labute approximate surface area is 218 Å². The number of carbonyl (C=O) groups excluding carboxylic acids is 4. The van der Waals surface area contributed by atoms with Crippen molar-refractivity contribution in [2.45, 2.75) is 20.8 Å². The summed E-state index contributed by atoms with van der Waals surface area (Å²) in [6.45, 7) is 5.59. The second kappa shape index (κ2) is 10.7. The van der Waals surface area contributed by atoms with Crippen molar-refractivity contribution >= 4 is 52.4 Å². The number of rotatable bonds is 7. The summed E-state index contributed by atoms with van der Waals surface area (Å²) in [6, 6.07) is 18.3. The van der Waals surface area contributed by atoms with E-state index < -0.39 is 23.7 Å². The molecule has 188 valence electrons. The summed E-state index contributed by atoms with van der Waals surface area (Å²) in [5, 5.41) is 5.42. The van der Waals surface area contributed by atoms with E-state index in [4.69, 9.17) is 16.3 Å². The van der Waals surface area contributed by atoms with Gasteiger partial charge >= 0.3 is 5.97 Å². The smallest absolute Gasteiger partial charge is 0.340 e. The van der Waals surface area contributed by atoms with Gasteiger partial charge in [-0.3, -0.25) is 14.4 Å². The summed E-state index contributed by atoms with van der Waals surface area (Å²) in [5.74, 6) is -2.26. The summed E-state index contributed by atoms with van der Waals surface area (Å²) in [5.41, 5.74) is 3.23. The maximum absolute atomic E-state index is 13.1. The molecule has 1 aliphatic rings. The third-order valence-electron chi connectivity index (χ3n) is 5.75. The number of hydrogen-bond acceptors (Lipinski definition) is 6. The SMILES string of the molecule is CCOC(=O)c1ccccc1NC(=O)c1ccc(C)c(NC2=C(Cl)C(=O)N(c3ccc(C)cc3)C2=O)c1. The first-order valence-corrected chi connectivity index (χ1v) is 11.9. The van der Waals surface area contributed by atoms with Crippen molar-refractivity contribution in [2.24, 2.45) is 0 Å². The van der Waals surface area contributed by atoms with Crippen molar-refractivity contribution in [2.75, 3.05) is 22.1 Å². The first-order valence-electron chi connectivity index (χ1n) is 11.5. The van der Waals surface area contributed by atoms with E-state index >= 15 is 0 Å². The molecule has 3 aromatic carbocycles. The molecule has 0 fully saturated rings. The highest BCUT2D eigenvalue weighted by Gasteiger charge is 2.39. The zero-order valence-corrected chi connectivity index (χ0v) is 21.2. The van der Waals surface area contributed by atoms with E-state index in [1.807, 2.05) is 6.92 Å². The first kappa shape index (κ1) is 25.7. The molecule has 0 aliphatic carbocycles. The van der Waals surface area contributed by atoms with Crippen LogP contribution in [0.25, 0.3) is 0 Å². The monoisotopic (exact) mass is 517 g/mol. The van der Waals surface area contributed by atoms with Crippen molar-refractivity contribution < 1.29 is 23.9 Å². The Hall–Kier alpha value is -4.43. The second-order valence-electron chi connectivity index (χ2n) is 8.35. The molecule has 8 nitrogen and oxygen atoms in total. The number of anilines is 3. The number of aryl methyl sites for hydroxylation is 2. The molecule has 3 aromatic rings. The summed E-state index contributed by atoms with van der Waals surface area (Å²) in [4.78, 5) is 52.2. The van der Waals surface area contributed by atoms with E-state index in [2.05, 4.69) is 10.6 Å². The Morgan fingerprint density at radius 1 is 0.919 bits per heavy atom. The molecule has 3 amide bonds. The summed E-state index contributed by atoms with van der Waals surface area (Å²) >= 11 is 6.27. The van der Waals surface area contributed by atoms with Crippen molar-refractivity contribution in [3.05, 3.63) is 99.7 Å². The van der Waals surface area contributed by atoms with Gasteiger partial charge in [0, 0.05) is 11.3 Å². The lowest BCUT2D eigenvalue weighted by Gasteiger charge is -2.16. The molecule has 0 unspecified atom stereocenters. The van der Waals surface area contributed by atoms with Gasteiger partial charge in [0.15, 0.2) is 0 Å². The number of imide groups is 1. The third-order valence-corrected chi connectivity index (χ3v) is 6.10. The number of para-hydroxylation sites is 1. The Morgan fingerprint density at radius 3 is 2.32 bits per heavy atom. The van der Waals surface area contributed by atoms with Gasteiger partial charge in [-0.05, 0) is 62.7 Å². The summed E-state index contributed by atoms with van der Waals surface area (Å²) < 4.78 is 5.06. The highest BCUT2D eigenvalue weighted by molar-refractivity contribution is 6.53. The van der Waals surface area contributed by atoms with Crippen LogP contribution < -0.4 is 15.5 Å². The number of amides is 3. The van der Waals surface area contributed by atoms with Gasteiger partial charge in [0.25, 0.3) is 17.7 Å². The molecule has 2 N–H and O–H groups in total. The topological polar surface area (TPSA) is 105 Å². The van der Waals surface area contributed by atoms with E-state index in [1.165, 1.54) is 0 Å². The van der Waals surface area contributed by atoms with Gasteiger partial charge in [-0.25, -0.2) is 9.69 Å². The molecule has 0 saturated carbocycles. The number of halogens is 1. The highest BCUT2D eigenvalue weighted by atomic mass is 35.5. The van der Waals surface area contributed by atoms with Crippen LogP contribution in [0.5, 0.6) is 0 Å². The predicted molar refractivity (Wildman–Crippen MR) is 142 cm³/mol. The van der Waals surface area contributed by atoms with E-state index in [0.717, 1.165) is 16.0 Å². The summed E-state index contributed by atoms with van der Waals surface area (Å²) in [7, 11) is 0. The van der Waals surface area contributed by atoms with Gasteiger partial charge < -0.3 is 15.4 Å². The molecule has 37 heavy (non-hydrogen) atoms. The largest absolute Gasteiger partial charge is 0.462 e. The van der Waals surface area contributed by atoms with Crippen LogP contribution in [0.3, 0.4) is 0 Å². The molecule has 0 spiro atoms. The molecule has 1 heterocycles. The van der Waals surface area contributed by atoms with Crippen molar-refractivity contribution in [3.8, 4) is 0 Å². The predicted octanol–water partition coefficient (Wildman–Crippen LogP) is 5.17. The number of nitrogens with zero attached hydrogens (tertiary/aromatic N) is 1. The standard InChI is InChI=1S/C28H24ClN3O5/c1-4-37-28(36)20-7-5-6-8-21(20)31-25(33)18-12-11-17(3)22(15-18)30-24-23(29)26(34)32(27(24)35)19-13-9-16(2)10-14-19/h5-15,30H,4H2,1-3H3,(H,31,33).